The van der Waals surface area contributed by atoms with Crippen LogP contribution in [-0.2, 0) is 0 Å². The van der Waals surface area contributed by atoms with Crippen LogP contribution in [0.5, 0.6) is 0 Å². The van der Waals surface area contributed by atoms with Crippen molar-refractivity contribution >= 4 is 22.8 Å². The largest absolute Gasteiger partial charge is 0.255 e. The van der Waals surface area contributed by atoms with E-state index in [-0.39, 0.29) is 0 Å². The lowest BCUT2D eigenvalue weighted by Crippen LogP contribution is -2.12. The zero-order valence-corrected chi connectivity index (χ0v) is 21.6. The number of pyridine rings is 2. The first-order valence-corrected chi connectivity index (χ1v) is 13.2. The quantitative estimate of drug-likeness (QED) is 0.237. The van der Waals surface area contributed by atoms with Gasteiger partial charge in [-0.2, -0.15) is 0 Å². The Morgan fingerprint density at radius 3 is 1.20 bits per heavy atom. The minimum Gasteiger partial charge on any atom is -0.255 e. The van der Waals surface area contributed by atoms with Gasteiger partial charge >= 0.3 is 0 Å². The monoisotopic (exact) mass is 512 g/mol. The number of aromatic nitrogens is 2. The van der Waals surface area contributed by atoms with Crippen LogP contribution in [0.4, 0.5) is 11.4 Å². The molecule has 0 atom stereocenters. The van der Waals surface area contributed by atoms with Gasteiger partial charge in [-0.05, 0) is 58.7 Å². The summed E-state index contributed by atoms with van der Waals surface area (Å²) in [5.74, 6) is 0. The maximum Gasteiger partial charge on any atom is 0.0987 e. The number of benzene rings is 4. The summed E-state index contributed by atoms with van der Waals surface area (Å²) in [4.78, 5) is 20.0. The van der Waals surface area contributed by atoms with E-state index in [0.29, 0.717) is 0 Å². The minimum absolute atomic E-state index is 0.787. The molecule has 3 heterocycles. The van der Waals surface area contributed by atoms with E-state index in [1.807, 2.05) is 97.3 Å². The number of para-hydroxylation sites is 2. The average Bonchev–Trinajstić information content (AvgIpc) is 3.03. The Bertz CT molecular complexity index is 1750. The highest BCUT2D eigenvalue weighted by Gasteiger charge is 2.21. The zero-order chi connectivity index (χ0) is 26.7. The Balaban J connectivity index is 1.41. The average molecular weight is 513 g/mol. The first-order chi connectivity index (χ1) is 19.8. The molecule has 0 aliphatic carbocycles. The fraction of sp³-hybridized carbons (Fsp3) is 0. The van der Waals surface area contributed by atoms with E-state index in [1.54, 1.807) is 0 Å². The summed E-state index contributed by atoms with van der Waals surface area (Å²) in [5, 5.41) is 0. The minimum atomic E-state index is 0.787. The van der Waals surface area contributed by atoms with E-state index in [2.05, 4.69) is 48.5 Å². The summed E-state index contributed by atoms with van der Waals surface area (Å²) < 4.78 is 0. The molecule has 0 fully saturated rings. The third-order valence-electron chi connectivity index (χ3n) is 7.00. The van der Waals surface area contributed by atoms with E-state index in [0.717, 1.165) is 67.6 Å². The van der Waals surface area contributed by atoms with Crippen LogP contribution in [0.1, 0.15) is 22.5 Å². The second kappa shape index (κ2) is 10.4. The molecule has 4 nitrogen and oxygen atoms in total. The highest BCUT2D eigenvalue weighted by molar-refractivity contribution is 6.22. The molecule has 1 aliphatic heterocycles. The zero-order valence-electron chi connectivity index (χ0n) is 21.6. The molecule has 7 rings (SSSR count). The third kappa shape index (κ3) is 4.52. The van der Waals surface area contributed by atoms with Crippen LogP contribution in [0.3, 0.4) is 0 Å². The predicted octanol–water partition coefficient (Wildman–Crippen LogP) is 8.46. The number of hydrogen-bond acceptors (Lipinski definition) is 4. The highest BCUT2D eigenvalue weighted by atomic mass is 14.9. The lowest BCUT2D eigenvalue weighted by Gasteiger charge is -2.18. The van der Waals surface area contributed by atoms with Gasteiger partial charge in [0.25, 0.3) is 0 Å². The van der Waals surface area contributed by atoms with Crippen LogP contribution in [-0.4, -0.2) is 21.4 Å². The first kappa shape index (κ1) is 23.6. The van der Waals surface area contributed by atoms with Gasteiger partial charge in [0.2, 0.25) is 0 Å². The molecule has 4 aromatic carbocycles. The normalized spacial score (nSPS) is 12.3. The van der Waals surface area contributed by atoms with Crippen molar-refractivity contribution in [2.75, 3.05) is 0 Å². The smallest absolute Gasteiger partial charge is 0.0987 e. The molecule has 0 saturated heterocycles. The lowest BCUT2D eigenvalue weighted by molar-refractivity contribution is 1.26. The fourth-order valence-electron chi connectivity index (χ4n) is 5.04. The number of aliphatic imine (C=N–C) groups is 2. The van der Waals surface area contributed by atoms with Crippen molar-refractivity contribution in [2.45, 2.75) is 0 Å². The molecule has 6 aromatic rings. The molecular weight excluding hydrogens is 488 g/mol. The van der Waals surface area contributed by atoms with Crippen LogP contribution in [0.25, 0.3) is 22.3 Å². The summed E-state index contributed by atoms with van der Waals surface area (Å²) in [7, 11) is 0. The molecule has 1 aliphatic rings. The maximum atomic E-state index is 5.25. The number of rotatable bonds is 4. The SMILES string of the molecule is c1ccc(-c2ccnc(C3=Nc4ccccc4C(c4cc(-c5ccccc5)ccn4)=Nc4ccccc43)c2)cc1. The molecule has 0 N–H and O–H groups in total. The van der Waals surface area contributed by atoms with Crippen LogP contribution < -0.4 is 0 Å². The van der Waals surface area contributed by atoms with Crippen molar-refractivity contribution in [3.8, 4) is 22.3 Å². The van der Waals surface area contributed by atoms with Gasteiger partial charge in [0, 0.05) is 23.5 Å². The molecule has 188 valence electrons. The van der Waals surface area contributed by atoms with Crippen molar-refractivity contribution in [3.05, 3.63) is 168 Å². The molecule has 0 radical (unpaired) electrons. The summed E-state index contributed by atoms with van der Waals surface area (Å²) in [6.07, 6.45) is 3.70. The van der Waals surface area contributed by atoms with Gasteiger partial charge in [-0.25, -0.2) is 9.98 Å². The van der Waals surface area contributed by atoms with Gasteiger partial charge in [-0.15, -0.1) is 0 Å². The Morgan fingerprint density at radius 1 is 0.350 bits per heavy atom. The lowest BCUT2D eigenvalue weighted by atomic mass is 9.97. The Morgan fingerprint density at radius 2 is 0.750 bits per heavy atom. The number of nitrogens with zero attached hydrogens (tertiary/aromatic N) is 4. The van der Waals surface area contributed by atoms with Gasteiger partial charge in [-0.3, -0.25) is 9.97 Å². The Kier molecular flexibility index (Phi) is 6.11. The summed E-state index contributed by atoms with van der Waals surface area (Å²) in [6.45, 7) is 0. The molecule has 0 unspecified atom stereocenters. The summed E-state index contributed by atoms with van der Waals surface area (Å²) in [6, 6.07) is 45.2. The van der Waals surface area contributed by atoms with E-state index >= 15 is 0 Å². The molecular formula is C36H24N4. The summed E-state index contributed by atoms with van der Waals surface area (Å²) >= 11 is 0. The number of fused-ring (bicyclic) bond motifs is 2. The van der Waals surface area contributed by atoms with Gasteiger partial charge in [-0.1, -0.05) is 97.1 Å². The highest BCUT2D eigenvalue weighted by Crippen LogP contribution is 2.33. The molecule has 40 heavy (non-hydrogen) atoms. The first-order valence-electron chi connectivity index (χ1n) is 13.2. The van der Waals surface area contributed by atoms with E-state index in [9.17, 15) is 0 Å². The standard InChI is InChI=1S/C36H24N4/c1-3-11-25(12-4-1)27-19-21-37-33(23-27)35-29-15-7-9-17-31(29)40-36(30-16-8-10-18-32(30)39-35)34-24-28(20-22-38-34)26-13-5-2-6-14-26/h1-24H. The van der Waals surface area contributed by atoms with Crippen molar-refractivity contribution < 1.29 is 0 Å². The van der Waals surface area contributed by atoms with Gasteiger partial charge in [0.15, 0.2) is 0 Å². The van der Waals surface area contributed by atoms with E-state index < -0.39 is 0 Å². The van der Waals surface area contributed by atoms with E-state index in [4.69, 9.17) is 20.0 Å². The maximum absolute atomic E-state index is 5.25. The van der Waals surface area contributed by atoms with Crippen molar-refractivity contribution in [1.29, 1.82) is 0 Å². The van der Waals surface area contributed by atoms with Crippen LogP contribution in [0.2, 0.25) is 0 Å². The molecule has 0 saturated carbocycles. The molecule has 0 spiro atoms. The molecule has 4 heteroatoms. The van der Waals surface area contributed by atoms with Crippen LogP contribution in [0.15, 0.2) is 156 Å². The van der Waals surface area contributed by atoms with Crippen LogP contribution in [0, 0.1) is 0 Å². The molecule has 2 aromatic heterocycles. The summed E-state index contributed by atoms with van der Waals surface area (Å²) in [5.41, 5.74) is 11.1. The topological polar surface area (TPSA) is 50.5 Å². The molecule has 0 bridgehead atoms. The van der Waals surface area contributed by atoms with Crippen molar-refractivity contribution in [2.24, 2.45) is 9.98 Å². The number of hydrogen-bond donors (Lipinski definition) is 0. The van der Waals surface area contributed by atoms with E-state index in [1.165, 1.54) is 0 Å². The van der Waals surface area contributed by atoms with Crippen molar-refractivity contribution in [1.82, 2.24) is 9.97 Å². The Labute approximate surface area is 233 Å². The van der Waals surface area contributed by atoms with Gasteiger partial charge in [0.05, 0.1) is 34.2 Å². The fourth-order valence-corrected chi connectivity index (χ4v) is 5.04. The van der Waals surface area contributed by atoms with Crippen LogP contribution >= 0.6 is 0 Å². The van der Waals surface area contributed by atoms with Gasteiger partial charge < -0.3 is 0 Å². The second-order valence-electron chi connectivity index (χ2n) is 9.55. The van der Waals surface area contributed by atoms with Gasteiger partial charge in [0.1, 0.15) is 0 Å². The Hall–Kier alpha value is -5.48. The third-order valence-corrected chi connectivity index (χ3v) is 7.00. The second-order valence-corrected chi connectivity index (χ2v) is 9.55. The molecule has 0 amide bonds. The van der Waals surface area contributed by atoms with Crippen molar-refractivity contribution in [3.63, 3.8) is 0 Å². The predicted molar refractivity (Wildman–Crippen MR) is 163 cm³/mol.